The van der Waals surface area contributed by atoms with Gasteiger partial charge in [0.1, 0.15) is 5.82 Å². The summed E-state index contributed by atoms with van der Waals surface area (Å²) in [7, 11) is 0. The van der Waals surface area contributed by atoms with E-state index in [2.05, 4.69) is 27.7 Å². The van der Waals surface area contributed by atoms with E-state index < -0.39 is 5.82 Å². The van der Waals surface area contributed by atoms with Crippen molar-refractivity contribution in [3.8, 4) is 0 Å². The molecule has 1 aliphatic rings. The molecule has 0 saturated carbocycles. The van der Waals surface area contributed by atoms with E-state index in [0.717, 1.165) is 43.3 Å². The Kier molecular flexibility index (Phi) is 7.68. The van der Waals surface area contributed by atoms with Gasteiger partial charge in [-0.2, -0.15) is 0 Å². The van der Waals surface area contributed by atoms with Gasteiger partial charge in [-0.1, -0.05) is 30.3 Å². The van der Waals surface area contributed by atoms with E-state index in [0.29, 0.717) is 0 Å². The number of likely N-dealkylation sites (tertiary alicyclic amines) is 1. The van der Waals surface area contributed by atoms with Crippen LogP contribution in [0.15, 0.2) is 59.5 Å². The molecule has 3 rings (SSSR count). The van der Waals surface area contributed by atoms with Crippen molar-refractivity contribution < 1.29 is 9.18 Å². The fourth-order valence-electron chi connectivity index (χ4n) is 3.09. The van der Waals surface area contributed by atoms with Crippen LogP contribution in [0, 0.1) is 5.82 Å². The van der Waals surface area contributed by atoms with E-state index >= 15 is 0 Å². The Bertz CT molecular complexity index is 795. The highest BCUT2D eigenvalue weighted by molar-refractivity contribution is 7.99. The summed E-state index contributed by atoms with van der Waals surface area (Å²) in [6, 6.07) is 16.4. The molecule has 1 amide bonds. The molecule has 0 unspecified atom stereocenters. The number of nitrogens with zero attached hydrogens (tertiary/aromatic N) is 1. The lowest BCUT2D eigenvalue weighted by Crippen LogP contribution is -2.49. The third kappa shape index (κ3) is 5.94. The quantitative estimate of drug-likeness (QED) is 0.426. The van der Waals surface area contributed by atoms with Gasteiger partial charge < -0.3 is 15.5 Å². The molecule has 1 aliphatic heterocycles. The first-order valence-corrected chi connectivity index (χ1v) is 10.8. The monoisotopic (exact) mass is 417 g/mol. The first kappa shape index (κ1) is 20.6. The molecule has 2 aromatic rings. The Hall–Kier alpha value is -2.12. The van der Waals surface area contributed by atoms with Crippen molar-refractivity contribution in [3.05, 3.63) is 66.0 Å². The second kappa shape index (κ2) is 10.4. The van der Waals surface area contributed by atoms with Gasteiger partial charge in [0.15, 0.2) is 5.11 Å². The van der Waals surface area contributed by atoms with Gasteiger partial charge in [0, 0.05) is 36.3 Å². The fraction of sp³-hybridized carbons (Fsp3) is 0.333. The number of rotatable bonds is 6. The van der Waals surface area contributed by atoms with Gasteiger partial charge in [-0.15, -0.1) is 11.8 Å². The second-order valence-corrected chi connectivity index (χ2v) is 8.16. The average Bonchev–Trinajstić information content (AvgIpc) is 2.72. The number of thioether (sulfide) groups is 1. The smallest absolute Gasteiger partial charge is 0.254 e. The second-order valence-electron chi connectivity index (χ2n) is 6.61. The summed E-state index contributed by atoms with van der Waals surface area (Å²) >= 11 is 7.29. The normalized spacial score (nSPS) is 14.5. The summed E-state index contributed by atoms with van der Waals surface area (Å²) in [6.07, 6.45) is 1.58. The van der Waals surface area contributed by atoms with Gasteiger partial charge in [-0.05, 0) is 49.3 Å². The predicted molar refractivity (Wildman–Crippen MR) is 116 cm³/mol. The molecule has 148 valence electrons. The van der Waals surface area contributed by atoms with Crippen molar-refractivity contribution >= 4 is 35.0 Å². The number of hydrogen-bond acceptors (Lipinski definition) is 3. The molecule has 1 heterocycles. The molecule has 4 nitrogen and oxygen atoms in total. The molecule has 0 atom stereocenters. The topological polar surface area (TPSA) is 44.4 Å². The third-order valence-corrected chi connectivity index (χ3v) is 6.04. The van der Waals surface area contributed by atoms with Crippen LogP contribution in [0.1, 0.15) is 23.2 Å². The number of thiocarbonyl (C=S) groups is 1. The van der Waals surface area contributed by atoms with Crippen LogP contribution in [-0.4, -0.2) is 47.3 Å². The van der Waals surface area contributed by atoms with Crippen LogP contribution in [0.2, 0.25) is 0 Å². The van der Waals surface area contributed by atoms with Gasteiger partial charge >= 0.3 is 0 Å². The first-order chi connectivity index (χ1) is 13.6. The van der Waals surface area contributed by atoms with Crippen LogP contribution >= 0.6 is 24.0 Å². The Labute approximate surface area is 174 Å². The molecule has 1 fully saturated rings. The molecule has 0 radical (unpaired) electrons. The minimum absolute atomic E-state index is 0.0415. The Balaban J connectivity index is 1.36. The Morgan fingerprint density at radius 3 is 2.50 bits per heavy atom. The van der Waals surface area contributed by atoms with E-state index in [-0.39, 0.29) is 17.5 Å². The number of amides is 1. The molecular weight excluding hydrogens is 393 g/mol. The fourth-order valence-corrected chi connectivity index (χ4v) is 4.16. The van der Waals surface area contributed by atoms with Gasteiger partial charge in [0.2, 0.25) is 0 Å². The standard InChI is InChI=1S/C21H24FN3OS2/c22-19-9-5-4-8-18(19)20(26)24-16-10-13-25(14-11-16)21(27)23-12-15-28-17-6-2-1-3-7-17/h1-9,16H,10-15H2,(H,23,27)(H,24,26). The molecule has 7 heteroatoms. The zero-order chi connectivity index (χ0) is 19.8. The molecule has 1 saturated heterocycles. The van der Waals surface area contributed by atoms with Crippen molar-refractivity contribution in [2.75, 3.05) is 25.4 Å². The highest BCUT2D eigenvalue weighted by Gasteiger charge is 2.23. The van der Waals surface area contributed by atoms with E-state index in [4.69, 9.17) is 12.2 Å². The van der Waals surface area contributed by atoms with Crippen molar-refractivity contribution in [2.24, 2.45) is 0 Å². The molecule has 2 N–H and O–H groups in total. The highest BCUT2D eigenvalue weighted by Crippen LogP contribution is 2.16. The summed E-state index contributed by atoms with van der Waals surface area (Å²) in [5.74, 6) is 0.102. The molecule has 28 heavy (non-hydrogen) atoms. The van der Waals surface area contributed by atoms with Crippen LogP contribution in [0.3, 0.4) is 0 Å². The number of piperidine rings is 1. The van der Waals surface area contributed by atoms with E-state index in [9.17, 15) is 9.18 Å². The van der Waals surface area contributed by atoms with Crippen molar-refractivity contribution in [1.29, 1.82) is 0 Å². The highest BCUT2D eigenvalue weighted by atomic mass is 32.2. The lowest BCUT2D eigenvalue weighted by atomic mass is 10.0. The molecule has 0 bridgehead atoms. The SMILES string of the molecule is O=C(NC1CCN(C(=S)NCCSc2ccccc2)CC1)c1ccccc1F. The number of nitrogens with one attached hydrogen (secondary N) is 2. The van der Waals surface area contributed by atoms with Crippen molar-refractivity contribution in [1.82, 2.24) is 15.5 Å². The van der Waals surface area contributed by atoms with Crippen LogP contribution in [-0.2, 0) is 0 Å². The number of hydrogen-bond donors (Lipinski definition) is 2. The van der Waals surface area contributed by atoms with Gasteiger partial charge in [0.25, 0.3) is 5.91 Å². The van der Waals surface area contributed by atoms with Gasteiger partial charge in [-0.25, -0.2) is 4.39 Å². The maximum Gasteiger partial charge on any atom is 0.254 e. The average molecular weight is 418 g/mol. The zero-order valence-corrected chi connectivity index (χ0v) is 17.2. The lowest BCUT2D eigenvalue weighted by molar-refractivity contribution is 0.0918. The van der Waals surface area contributed by atoms with Crippen LogP contribution in [0.25, 0.3) is 0 Å². The van der Waals surface area contributed by atoms with Crippen LogP contribution in [0.5, 0.6) is 0 Å². The molecule has 2 aromatic carbocycles. The van der Waals surface area contributed by atoms with Crippen LogP contribution < -0.4 is 10.6 Å². The lowest BCUT2D eigenvalue weighted by Gasteiger charge is -2.34. The molecule has 0 aromatic heterocycles. The maximum absolute atomic E-state index is 13.7. The van der Waals surface area contributed by atoms with Gasteiger partial charge in [-0.3, -0.25) is 4.79 Å². The number of carbonyl (C=O) groups is 1. The first-order valence-electron chi connectivity index (χ1n) is 9.39. The minimum atomic E-state index is -0.490. The Morgan fingerprint density at radius 1 is 1.11 bits per heavy atom. The summed E-state index contributed by atoms with van der Waals surface area (Å²) in [5.41, 5.74) is 0.0954. The largest absolute Gasteiger partial charge is 0.362 e. The summed E-state index contributed by atoms with van der Waals surface area (Å²) in [6.45, 7) is 2.36. The number of benzene rings is 2. The summed E-state index contributed by atoms with van der Waals surface area (Å²) in [5, 5.41) is 7.00. The molecular formula is C21H24FN3OS2. The van der Waals surface area contributed by atoms with Crippen molar-refractivity contribution in [2.45, 2.75) is 23.8 Å². The van der Waals surface area contributed by atoms with E-state index in [1.807, 2.05) is 18.2 Å². The van der Waals surface area contributed by atoms with E-state index in [1.54, 1.807) is 23.9 Å². The van der Waals surface area contributed by atoms with Crippen LogP contribution in [0.4, 0.5) is 4.39 Å². The summed E-state index contributed by atoms with van der Waals surface area (Å²) < 4.78 is 13.7. The molecule has 0 aliphatic carbocycles. The predicted octanol–water partition coefficient (Wildman–Crippen LogP) is 3.69. The maximum atomic E-state index is 13.7. The third-order valence-electron chi connectivity index (χ3n) is 4.63. The number of halogens is 1. The summed E-state index contributed by atoms with van der Waals surface area (Å²) in [4.78, 5) is 15.6. The minimum Gasteiger partial charge on any atom is -0.362 e. The van der Waals surface area contributed by atoms with Crippen molar-refractivity contribution in [3.63, 3.8) is 0 Å². The van der Waals surface area contributed by atoms with Gasteiger partial charge in [0.05, 0.1) is 5.56 Å². The zero-order valence-electron chi connectivity index (χ0n) is 15.6. The number of carbonyl (C=O) groups excluding carboxylic acids is 1. The van der Waals surface area contributed by atoms with E-state index in [1.165, 1.54) is 17.0 Å². The molecule has 0 spiro atoms. The Morgan fingerprint density at radius 2 is 1.79 bits per heavy atom.